The van der Waals surface area contributed by atoms with E-state index < -0.39 is 17.9 Å². The fourth-order valence-electron chi connectivity index (χ4n) is 5.37. The van der Waals surface area contributed by atoms with Crippen LogP contribution in [-0.4, -0.2) is 29.6 Å². The van der Waals surface area contributed by atoms with Gasteiger partial charge in [-0.1, -0.05) is 93.4 Å². The molecule has 0 saturated carbocycles. The number of para-hydroxylation sites is 1. The fourth-order valence-corrected chi connectivity index (χ4v) is 5.37. The fraction of sp³-hybridized carbons (Fsp3) is 0.316. The van der Waals surface area contributed by atoms with Gasteiger partial charge in [-0.25, -0.2) is 4.79 Å². The summed E-state index contributed by atoms with van der Waals surface area (Å²) >= 11 is 0. The second-order valence-corrected chi connectivity index (χ2v) is 11.3. The van der Waals surface area contributed by atoms with E-state index in [1.165, 1.54) is 11.1 Å². The van der Waals surface area contributed by atoms with Gasteiger partial charge in [-0.2, -0.15) is 0 Å². The average Bonchev–Trinajstić information content (AvgIpc) is 3.03. The second-order valence-electron chi connectivity index (χ2n) is 11.3. The Labute approximate surface area is 261 Å². The van der Waals surface area contributed by atoms with E-state index in [0.717, 1.165) is 53.6 Å². The Morgan fingerprint density at radius 3 is 1.84 bits per heavy atom. The molecule has 1 amide bonds. The molecule has 0 bridgehead atoms. The number of carbonyl (C=O) groups is 2. The summed E-state index contributed by atoms with van der Waals surface area (Å²) in [5.41, 5.74) is 8.07. The van der Waals surface area contributed by atoms with Crippen LogP contribution in [0.25, 0.3) is 0 Å². The number of hydrogen-bond donors (Lipinski definition) is 3. The lowest BCUT2D eigenvalue weighted by molar-refractivity contribution is -0.139. The summed E-state index contributed by atoms with van der Waals surface area (Å²) in [7, 11) is 0. The van der Waals surface area contributed by atoms with Gasteiger partial charge in [-0.15, -0.1) is 0 Å². The smallest absolute Gasteiger partial charge is 0.326 e. The molecule has 1 unspecified atom stereocenters. The number of ether oxygens (including phenoxy) is 1. The predicted octanol–water partition coefficient (Wildman–Crippen LogP) is 8.06. The maximum absolute atomic E-state index is 13.3. The average molecular weight is 593 g/mol. The first-order valence-corrected chi connectivity index (χ1v) is 15.6. The number of anilines is 1. The van der Waals surface area contributed by atoms with E-state index in [2.05, 4.69) is 73.0 Å². The molecule has 6 heteroatoms. The first kappa shape index (κ1) is 32.3. The summed E-state index contributed by atoms with van der Waals surface area (Å²) in [5.74, 6) is -0.858. The van der Waals surface area contributed by atoms with E-state index in [9.17, 15) is 14.7 Å². The molecule has 4 aromatic rings. The minimum Gasteiger partial charge on any atom is -0.494 e. The third kappa shape index (κ3) is 8.50. The number of rotatable bonds is 15. The van der Waals surface area contributed by atoms with E-state index in [1.807, 2.05) is 50.2 Å². The van der Waals surface area contributed by atoms with Crippen molar-refractivity contribution >= 4 is 17.6 Å². The van der Waals surface area contributed by atoms with Gasteiger partial charge in [0.1, 0.15) is 11.8 Å². The third-order valence-corrected chi connectivity index (χ3v) is 8.06. The van der Waals surface area contributed by atoms with Crippen LogP contribution in [0.1, 0.15) is 82.9 Å². The number of aryl methyl sites for hydroxylation is 2. The highest BCUT2D eigenvalue weighted by molar-refractivity contribution is 5.98. The SMILES string of the molecule is CCCc1ccc(C(Nc2ccc(C(=O)NC(CCOc3ccccc3)C(=O)O)c(C)c2C)c2ccc(CCC)cc2)cc1. The monoisotopic (exact) mass is 592 g/mol. The van der Waals surface area contributed by atoms with Crippen LogP contribution < -0.4 is 15.4 Å². The Hall–Kier alpha value is -4.58. The summed E-state index contributed by atoms with van der Waals surface area (Å²) in [6.45, 7) is 8.43. The van der Waals surface area contributed by atoms with E-state index >= 15 is 0 Å². The number of nitrogens with one attached hydrogen (secondary N) is 2. The van der Waals surface area contributed by atoms with Crippen molar-refractivity contribution in [2.45, 2.75) is 71.9 Å². The lowest BCUT2D eigenvalue weighted by Gasteiger charge is -2.24. The summed E-state index contributed by atoms with van der Waals surface area (Å²) in [6.07, 6.45) is 4.45. The first-order chi connectivity index (χ1) is 21.3. The highest BCUT2D eigenvalue weighted by Gasteiger charge is 2.23. The van der Waals surface area contributed by atoms with Crippen LogP contribution in [-0.2, 0) is 17.6 Å². The van der Waals surface area contributed by atoms with Crippen LogP contribution >= 0.6 is 0 Å². The van der Waals surface area contributed by atoms with Crippen LogP contribution in [0.5, 0.6) is 5.75 Å². The Morgan fingerprint density at radius 1 is 0.750 bits per heavy atom. The summed E-state index contributed by atoms with van der Waals surface area (Å²) in [6, 6.07) is 29.3. The minimum absolute atomic E-state index is 0.0832. The summed E-state index contributed by atoms with van der Waals surface area (Å²) in [5, 5.41) is 16.2. The van der Waals surface area contributed by atoms with E-state index in [4.69, 9.17) is 4.74 Å². The molecule has 0 aliphatic heterocycles. The molecule has 0 fully saturated rings. The Bertz CT molecular complexity index is 1470. The molecule has 4 rings (SSSR count). The van der Waals surface area contributed by atoms with Crippen molar-refractivity contribution in [1.29, 1.82) is 0 Å². The molecule has 44 heavy (non-hydrogen) atoms. The highest BCUT2D eigenvalue weighted by Crippen LogP contribution is 2.31. The van der Waals surface area contributed by atoms with Crippen LogP contribution in [0.15, 0.2) is 91.0 Å². The molecule has 0 radical (unpaired) electrons. The number of carboxylic acid groups (broad SMARTS) is 1. The van der Waals surface area contributed by atoms with Crippen LogP contribution in [0, 0.1) is 13.8 Å². The largest absolute Gasteiger partial charge is 0.494 e. The lowest BCUT2D eigenvalue weighted by atomic mass is 9.94. The van der Waals surface area contributed by atoms with Gasteiger partial charge >= 0.3 is 5.97 Å². The first-order valence-electron chi connectivity index (χ1n) is 15.6. The van der Waals surface area contributed by atoms with Gasteiger partial charge in [-0.05, 0) is 84.3 Å². The zero-order valence-electron chi connectivity index (χ0n) is 26.2. The molecule has 0 heterocycles. The number of carbonyl (C=O) groups excluding carboxylic acids is 1. The van der Waals surface area contributed by atoms with Crippen molar-refractivity contribution in [3.05, 3.63) is 130 Å². The number of amides is 1. The Morgan fingerprint density at radius 2 is 1.32 bits per heavy atom. The predicted molar refractivity (Wildman–Crippen MR) is 178 cm³/mol. The number of benzene rings is 4. The zero-order valence-corrected chi connectivity index (χ0v) is 26.2. The van der Waals surface area contributed by atoms with Gasteiger partial charge in [0.25, 0.3) is 5.91 Å². The number of carboxylic acids is 1. The normalized spacial score (nSPS) is 11.7. The van der Waals surface area contributed by atoms with Crippen molar-refractivity contribution in [3.8, 4) is 5.75 Å². The maximum Gasteiger partial charge on any atom is 0.326 e. The summed E-state index contributed by atoms with van der Waals surface area (Å²) < 4.78 is 5.66. The number of hydrogen-bond acceptors (Lipinski definition) is 4. The molecule has 0 spiro atoms. The van der Waals surface area contributed by atoms with Crippen molar-refractivity contribution in [2.24, 2.45) is 0 Å². The van der Waals surface area contributed by atoms with Gasteiger partial charge in [-0.3, -0.25) is 4.79 Å². The maximum atomic E-state index is 13.3. The molecule has 0 aliphatic carbocycles. The number of aliphatic carboxylic acids is 1. The molecule has 3 N–H and O–H groups in total. The molecular weight excluding hydrogens is 548 g/mol. The third-order valence-electron chi connectivity index (χ3n) is 8.06. The molecule has 4 aromatic carbocycles. The molecule has 0 saturated heterocycles. The molecule has 230 valence electrons. The van der Waals surface area contributed by atoms with Crippen LogP contribution in [0.3, 0.4) is 0 Å². The minimum atomic E-state index is -1.10. The van der Waals surface area contributed by atoms with Gasteiger partial charge in [0.2, 0.25) is 0 Å². The molecule has 0 aliphatic rings. The Balaban J connectivity index is 1.53. The molecule has 1 atom stereocenters. The molecular formula is C38H44N2O4. The van der Waals surface area contributed by atoms with E-state index in [1.54, 1.807) is 6.07 Å². The van der Waals surface area contributed by atoms with Crippen molar-refractivity contribution < 1.29 is 19.4 Å². The lowest BCUT2D eigenvalue weighted by Crippen LogP contribution is -2.42. The highest BCUT2D eigenvalue weighted by atomic mass is 16.5. The Kier molecular flexibility index (Phi) is 11.6. The second kappa shape index (κ2) is 15.8. The molecule has 6 nitrogen and oxygen atoms in total. The van der Waals surface area contributed by atoms with E-state index in [-0.39, 0.29) is 19.1 Å². The van der Waals surface area contributed by atoms with Crippen LogP contribution in [0.4, 0.5) is 5.69 Å². The van der Waals surface area contributed by atoms with Gasteiger partial charge in [0, 0.05) is 17.7 Å². The topological polar surface area (TPSA) is 87.7 Å². The van der Waals surface area contributed by atoms with Crippen molar-refractivity contribution in [2.75, 3.05) is 11.9 Å². The standard InChI is InChI=1S/C38H44N2O4/c1-5-10-28-14-18-30(19-15-28)36(31-20-16-29(11-6-2)17-21-31)39-34-23-22-33(26(3)27(34)4)37(41)40-35(38(42)43)24-25-44-32-12-8-7-9-13-32/h7-9,12-23,35-36,39H,5-6,10-11,24-25H2,1-4H3,(H,40,41)(H,42,43). The van der Waals surface area contributed by atoms with Gasteiger partial charge in [0.05, 0.1) is 12.6 Å². The van der Waals surface area contributed by atoms with Crippen molar-refractivity contribution in [1.82, 2.24) is 5.32 Å². The summed E-state index contributed by atoms with van der Waals surface area (Å²) in [4.78, 5) is 25.2. The quantitative estimate of drug-likeness (QED) is 0.130. The van der Waals surface area contributed by atoms with Gasteiger partial charge < -0.3 is 20.5 Å². The van der Waals surface area contributed by atoms with Crippen molar-refractivity contribution in [3.63, 3.8) is 0 Å². The van der Waals surface area contributed by atoms with Gasteiger partial charge in [0.15, 0.2) is 0 Å². The van der Waals surface area contributed by atoms with Crippen LogP contribution in [0.2, 0.25) is 0 Å². The van der Waals surface area contributed by atoms with E-state index in [0.29, 0.717) is 11.3 Å². The molecule has 0 aromatic heterocycles. The zero-order chi connectivity index (χ0) is 31.5.